The zero-order valence-electron chi connectivity index (χ0n) is 12.3. The van der Waals surface area contributed by atoms with E-state index in [1.54, 1.807) is 0 Å². The number of hydrogen-bond acceptors (Lipinski definition) is 2. The molecule has 21 heavy (non-hydrogen) atoms. The van der Waals surface area contributed by atoms with Gasteiger partial charge in [0.25, 0.3) is 0 Å². The Bertz CT molecular complexity index is 729. The maximum absolute atomic E-state index is 5.80. The first-order valence-corrected chi connectivity index (χ1v) is 7.23. The average Bonchev–Trinajstić information content (AvgIpc) is 2.90. The highest BCUT2D eigenvalue weighted by molar-refractivity contribution is 5.80. The smallest absolute Gasteiger partial charge is 0.119 e. The van der Waals surface area contributed by atoms with Crippen LogP contribution in [0, 0.1) is 6.92 Å². The van der Waals surface area contributed by atoms with Crippen LogP contribution in [0.5, 0.6) is 5.75 Å². The van der Waals surface area contributed by atoms with Gasteiger partial charge in [-0.2, -0.15) is 0 Å². The fraction of sp³-hybridized carbons (Fsp3) is 0.222. The predicted molar refractivity (Wildman–Crippen MR) is 86.5 cm³/mol. The summed E-state index contributed by atoms with van der Waals surface area (Å²) in [6, 6.07) is 16.6. The minimum Gasteiger partial charge on any atom is -0.492 e. The second-order valence-electron chi connectivity index (χ2n) is 5.27. The van der Waals surface area contributed by atoms with Crippen LogP contribution in [0.1, 0.15) is 11.1 Å². The van der Waals surface area contributed by atoms with E-state index in [9.17, 15) is 0 Å². The number of rotatable bonds is 5. The highest BCUT2D eigenvalue weighted by Gasteiger charge is 2.01. The lowest BCUT2D eigenvalue weighted by Gasteiger charge is -2.09. The van der Waals surface area contributed by atoms with Crippen molar-refractivity contribution in [1.82, 2.24) is 4.57 Å². The van der Waals surface area contributed by atoms with Crippen molar-refractivity contribution in [1.29, 1.82) is 0 Å². The molecule has 0 saturated carbocycles. The molecule has 3 aromatic rings. The molecule has 0 atom stereocenters. The summed E-state index contributed by atoms with van der Waals surface area (Å²) in [5.41, 5.74) is 9.24. The van der Waals surface area contributed by atoms with Gasteiger partial charge in [0.1, 0.15) is 12.4 Å². The molecule has 3 nitrogen and oxygen atoms in total. The lowest BCUT2D eigenvalue weighted by molar-refractivity contribution is 0.300. The SMILES string of the molecule is Cc1ccc2ccn(CCOc3ccc(CN)cc3)c2c1. The third-order valence-electron chi connectivity index (χ3n) is 3.69. The molecule has 2 aromatic carbocycles. The Kier molecular flexibility index (Phi) is 3.93. The van der Waals surface area contributed by atoms with Crippen molar-refractivity contribution in [2.45, 2.75) is 20.0 Å². The van der Waals surface area contributed by atoms with Crippen molar-refractivity contribution in [3.8, 4) is 5.75 Å². The Balaban J connectivity index is 1.64. The Morgan fingerprint density at radius 3 is 2.62 bits per heavy atom. The second kappa shape index (κ2) is 6.02. The van der Waals surface area contributed by atoms with Crippen LogP contribution in [-0.2, 0) is 13.1 Å². The topological polar surface area (TPSA) is 40.2 Å². The van der Waals surface area contributed by atoms with Crippen LogP contribution >= 0.6 is 0 Å². The first-order chi connectivity index (χ1) is 10.3. The number of nitrogens with two attached hydrogens (primary N) is 1. The quantitative estimate of drug-likeness (QED) is 0.777. The van der Waals surface area contributed by atoms with Gasteiger partial charge in [0.15, 0.2) is 0 Å². The van der Waals surface area contributed by atoms with Crippen molar-refractivity contribution >= 4 is 10.9 Å². The van der Waals surface area contributed by atoms with E-state index < -0.39 is 0 Å². The van der Waals surface area contributed by atoms with Gasteiger partial charge in [-0.3, -0.25) is 0 Å². The Hall–Kier alpha value is -2.26. The molecule has 2 N–H and O–H groups in total. The maximum atomic E-state index is 5.80. The molecule has 0 aliphatic rings. The molecule has 3 heteroatoms. The Morgan fingerprint density at radius 1 is 1.05 bits per heavy atom. The van der Waals surface area contributed by atoms with E-state index in [0.29, 0.717) is 13.2 Å². The maximum Gasteiger partial charge on any atom is 0.119 e. The molecule has 1 aromatic heterocycles. The summed E-state index contributed by atoms with van der Waals surface area (Å²) < 4.78 is 8.03. The van der Waals surface area contributed by atoms with Crippen LogP contribution in [0.4, 0.5) is 0 Å². The van der Waals surface area contributed by atoms with Crippen molar-refractivity contribution in [3.63, 3.8) is 0 Å². The van der Waals surface area contributed by atoms with Gasteiger partial charge in [-0.1, -0.05) is 24.3 Å². The largest absolute Gasteiger partial charge is 0.492 e. The molecule has 3 rings (SSSR count). The minimum atomic E-state index is 0.564. The van der Waals surface area contributed by atoms with Crippen LogP contribution < -0.4 is 10.5 Å². The normalized spacial score (nSPS) is 11.0. The van der Waals surface area contributed by atoms with E-state index >= 15 is 0 Å². The first-order valence-electron chi connectivity index (χ1n) is 7.23. The molecule has 0 radical (unpaired) electrons. The standard InChI is InChI=1S/C18H20N2O/c1-14-2-5-16-8-9-20(18(16)12-14)10-11-21-17-6-3-15(13-19)4-7-17/h2-9,12H,10-11,13,19H2,1H3. The van der Waals surface area contributed by atoms with Gasteiger partial charge in [0.2, 0.25) is 0 Å². The molecule has 0 aliphatic carbocycles. The zero-order valence-corrected chi connectivity index (χ0v) is 12.3. The lowest BCUT2D eigenvalue weighted by Crippen LogP contribution is -2.07. The summed E-state index contributed by atoms with van der Waals surface area (Å²) in [6.07, 6.45) is 2.12. The van der Waals surface area contributed by atoms with Gasteiger partial charge >= 0.3 is 0 Å². The summed E-state index contributed by atoms with van der Waals surface area (Å²) in [5.74, 6) is 0.889. The molecule has 108 valence electrons. The summed E-state index contributed by atoms with van der Waals surface area (Å²) in [7, 11) is 0. The lowest BCUT2D eigenvalue weighted by atomic mass is 10.2. The molecule has 0 aliphatic heterocycles. The van der Waals surface area contributed by atoms with Crippen LogP contribution in [0.2, 0.25) is 0 Å². The number of benzene rings is 2. The zero-order chi connectivity index (χ0) is 14.7. The first kappa shape index (κ1) is 13.7. The van der Waals surface area contributed by atoms with Gasteiger partial charge in [-0.15, -0.1) is 0 Å². The number of aryl methyl sites for hydroxylation is 1. The summed E-state index contributed by atoms with van der Waals surface area (Å²) >= 11 is 0. The summed E-state index contributed by atoms with van der Waals surface area (Å²) in [6.45, 7) is 4.17. The number of aromatic nitrogens is 1. The fourth-order valence-electron chi connectivity index (χ4n) is 2.47. The predicted octanol–water partition coefficient (Wildman–Crippen LogP) is 3.49. The van der Waals surface area contributed by atoms with E-state index in [-0.39, 0.29) is 0 Å². The molecule has 0 saturated heterocycles. The Morgan fingerprint density at radius 2 is 1.86 bits per heavy atom. The van der Waals surface area contributed by atoms with E-state index in [4.69, 9.17) is 10.5 Å². The highest BCUT2D eigenvalue weighted by Crippen LogP contribution is 2.18. The third kappa shape index (κ3) is 3.09. The van der Waals surface area contributed by atoms with Crippen LogP contribution in [-0.4, -0.2) is 11.2 Å². The number of hydrogen-bond donors (Lipinski definition) is 1. The molecule has 0 unspecified atom stereocenters. The monoisotopic (exact) mass is 280 g/mol. The molecule has 0 fully saturated rings. The van der Waals surface area contributed by atoms with Gasteiger partial charge in [-0.05, 0) is 47.7 Å². The van der Waals surface area contributed by atoms with E-state index in [1.165, 1.54) is 16.5 Å². The average molecular weight is 280 g/mol. The van der Waals surface area contributed by atoms with Gasteiger partial charge < -0.3 is 15.0 Å². The van der Waals surface area contributed by atoms with Gasteiger partial charge in [-0.25, -0.2) is 0 Å². The van der Waals surface area contributed by atoms with Crippen molar-refractivity contribution in [3.05, 3.63) is 65.9 Å². The van der Waals surface area contributed by atoms with Crippen LogP contribution in [0.3, 0.4) is 0 Å². The summed E-state index contributed by atoms with van der Waals surface area (Å²) in [4.78, 5) is 0. The molecule has 1 heterocycles. The molecule has 0 amide bonds. The van der Waals surface area contributed by atoms with Gasteiger partial charge in [0.05, 0.1) is 6.54 Å². The van der Waals surface area contributed by atoms with Crippen LogP contribution in [0.25, 0.3) is 10.9 Å². The van der Waals surface area contributed by atoms with Crippen molar-refractivity contribution < 1.29 is 4.74 Å². The molecular formula is C18H20N2O. The summed E-state index contributed by atoms with van der Waals surface area (Å²) in [5, 5.41) is 1.27. The highest BCUT2D eigenvalue weighted by atomic mass is 16.5. The Labute approximate surface area is 125 Å². The minimum absolute atomic E-state index is 0.564. The number of nitrogens with zero attached hydrogens (tertiary/aromatic N) is 1. The fourth-order valence-corrected chi connectivity index (χ4v) is 2.47. The number of fused-ring (bicyclic) bond motifs is 1. The molecule has 0 bridgehead atoms. The van der Waals surface area contributed by atoms with Crippen molar-refractivity contribution in [2.75, 3.05) is 6.61 Å². The van der Waals surface area contributed by atoms with Crippen molar-refractivity contribution in [2.24, 2.45) is 5.73 Å². The third-order valence-corrected chi connectivity index (χ3v) is 3.69. The number of ether oxygens (including phenoxy) is 1. The molecule has 0 spiro atoms. The van der Waals surface area contributed by atoms with Gasteiger partial charge in [0, 0.05) is 18.3 Å². The van der Waals surface area contributed by atoms with E-state index in [2.05, 4.69) is 42.0 Å². The molecular weight excluding hydrogens is 260 g/mol. The van der Waals surface area contributed by atoms with Crippen LogP contribution in [0.15, 0.2) is 54.7 Å². The van der Waals surface area contributed by atoms with E-state index in [0.717, 1.165) is 17.9 Å². The van der Waals surface area contributed by atoms with E-state index in [1.807, 2.05) is 24.3 Å². The second-order valence-corrected chi connectivity index (χ2v) is 5.27.